The number of carbonyl (C=O) groups is 2. The van der Waals surface area contributed by atoms with Crippen LogP contribution in [-0.2, 0) is 9.59 Å². The number of rotatable bonds is 8. The molecule has 3 aromatic rings. The highest BCUT2D eigenvalue weighted by Gasteiger charge is 2.47. The molecule has 1 saturated heterocycles. The van der Waals surface area contributed by atoms with Gasteiger partial charge in [-0.15, -0.1) is 0 Å². The number of ketones is 1. The van der Waals surface area contributed by atoms with Crippen molar-refractivity contribution in [2.45, 2.75) is 26.8 Å². The Labute approximate surface area is 237 Å². The lowest BCUT2D eigenvalue weighted by Crippen LogP contribution is -2.29. The van der Waals surface area contributed by atoms with Gasteiger partial charge in [0.15, 0.2) is 11.5 Å². The molecule has 9 heteroatoms. The van der Waals surface area contributed by atoms with Gasteiger partial charge in [-0.25, -0.2) is 0 Å². The molecule has 1 atom stereocenters. The summed E-state index contributed by atoms with van der Waals surface area (Å²) in [6.07, 6.45) is 0. The molecule has 0 radical (unpaired) electrons. The van der Waals surface area contributed by atoms with E-state index in [0.29, 0.717) is 29.5 Å². The van der Waals surface area contributed by atoms with E-state index in [1.165, 1.54) is 25.2 Å². The Balaban J connectivity index is 1.98. The summed E-state index contributed by atoms with van der Waals surface area (Å²) in [5, 5.41) is 11.8. The van der Waals surface area contributed by atoms with Crippen LogP contribution >= 0.6 is 23.2 Å². The summed E-state index contributed by atoms with van der Waals surface area (Å²) in [4.78, 5) is 28.5. The molecule has 1 N–H and O–H groups in total. The SMILES string of the molecule is COc1c(Cl)cc(/C(O)=C2\C(=O)C(=O)N(c3cccc(C)c3)C2c2cccc(OCC(C)C)c2)c(OC)c1Cl. The Hall–Kier alpha value is -3.68. The molecule has 1 amide bonds. The van der Waals surface area contributed by atoms with Crippen LogP contribution in [0, 0.1) is 12.8 Å². The van der Waals surface area contributed by atoms with Crippen molar-refractivity contribution in [3.63, 3.8) is 0 Å². The van der Waals surface area contributed by atoms with Gasteiger partial charge in [-0.2, -0.15) is 0 Å². The third kappa shape index (κ3) is 5.42. The van der Waals surface area contributed by atoms with Gasteiger partial charge in [0, 0.05) is 5.69 Å². The number of Topliss-reactive ketones (excluding diaryl/α,β-unsaturated/α-hetero) is 1. The van der Waals surface area contributed by atoms with Crippen molar-refractivity contribution < 1.29 is 28.9 Å². The minimum absolute atomic E-state index is 0.0163. The van der Waals surface area contributed by atoms with Gasteiger partial charge in [0.1, 0.15) is 16.5 Å². The highest BCUT2D eigenvalue weighted by Crippen LogP contribution is 2.48. The summed E-state index contributed by atoms with van der Waals surface area (Å²) in [5.74, 6) is -1.07. The summed E-state index contributed by atoms with van der Waals surface area (Å²) in [7, 11) is 2.76. The topological polar surface area (TPSA) is 85.3 Å². The van der Waals surface area contributed by atoms with E-state index in [4.69, 9.17) is 37.4 Å². The fourth-order valence-corrected chi connectivity index (χ4v) is 5.21. The molecule has 204 valence electrons. The third-order valence-electron chi connectivity index (χ3n) is 6.28. The quantitative estimate of drug-likeness (QED) is 0.179. The zero-order valence-electron chi connectivity index (χ0n) is 22.2. The van der Waals surface area contributed by atoms with Gasteiger partial charge in [0.25, 0.3) is 11.7 Å². The van der Waals surface area contributed by atoms with Gasteiger partial charge in [-0.3, -0.25) is 14.5 Å². The van der Waals surface area contributed by atoms with Crippen LogP contribution in [0.15, 0.2) is 60.2 Å². The van der Waals surface area contributed by atoms with Crippen molar-refractivity contribution in [2.24, 2.45) is 5.92 Å². The lowest BCUT2D eigenvalue weighted by atomic mass is 9.94. The van der Waals surface area contributed by atoms with Crippen molar-refractivity contribution in [3.05, 3.63) is 86.9 Å². The van der Waals surface area contributed by atoms with E-state index in [-0.39, 0.29) is 32.7 Å². The number of benzene rings is 3. The number of ether oxygens (including phenoxy) is 3. The van der Waals surface area contributed by atoms with Crippen LogP contribution in [0.1, 0.15) is 36.6 Å². The molecule has 1 aliphatic rings. The minimum Gasteiger partial charge on any atom is -0.507 e. The Kier molecular flexibility index (Phi) is 8.42. The van der Waals surface area contributed by atoms with Gasteiger partial charge in [-0.1, -0.05) is 61.3 Å². The Morgan fingerprint density at radius 3 is 2.33 bits per heavy atom. The number of nitrogens with zero attached hydrogens (tertiary/aromatic N) is 1. The number of halogens is 2. The van der Waals surface area contributed by atoms with Crippen LogP contribution in [0.5, 0.6) is 17.2 Å². The van der Waals surface area contributed by atoms with Crippen LogP contribution in [0.25, 0.3) is 5.76 Å². The fraction of sp³-hybridized carbons (Fsp3) is 0.267. The van der Waals surface area contributed by atoms with Gasteiger partial charge in [0.05, 0.1) is 43.0 Å². The molecule has 0 spiro atoms. The maximum atomic E-state index is 13.6. The molecule has 0 aromatic heterocycles. The molecular weight excluding hydrogens is 541 g/mol. The number of aliphatic hydroxyl groups is 1. The predicted molar refractivity (Wildman–Crippen MR) is 152 cm³/mol. The number of methoxy groups -OCH3 is 2. The second-order valence-electron chi connectivity index (χ2n) is 9.57. The monoisotopic (exact) mass is 569 g/mol. The number of anilines is 1. The minimum atomic E-state index is -0.973. The highest BCUT2D eigenvalue weighted by molar-refractivity contribution is 6.52. The summed E-state index contributed by atoms with van der Waals surface area (Å²) in [6, 6.07) is 14.8. The number of hydrogen-bond donors (Lipinski definition) is 1. The lowest BCUT2D eigenvalue weighted by molar-refractivity contribution is -0.132. The number of aliphatic hydroxyl groups excluding tert-OH is 1. The summed E-state index contributed by atoms with van der Waals surface area (Å²) in [6.45, 7) is 6.45. The number of hydrogen-bond acceptors (Lipinski definition) is 6. The van der Waals surface area contributed by atoms with Gasteiger partial charge < -0.3 is 19.3 Å². The summed E-state index contributed by atoms with van der Waals surface area (Å²) < 4.78 is 16.6. The molecular formula is C30H29Cl2NO6. The van der Waals surface area contributed by atoms with Crippen LogP contribution in [0.4, 0.5) is 5.69 Å². The maximum absolute atomic E-state index is 13.6. The second kappa shape index (κ2) is 11.6. The van der Waals surface area contributed by atoms with E-state index >= 15 is 0 Å². The third-order valence-corrected chi connectivity index (χ3v) is 6.90. The normalized spacial score (nSPS) is 16.6. The largest absolute Gasteiger partial charge is 0.507 e. The molecule has 1 fully saturated rings. The first kappa shape index (κ1) is 28.3. The van der Waals surface area contributed by atoms with E-state index in [0.717, 1.165) is 5.56 Å². The van der Waals surface area contributed by atoms with E-state index in [1.807, 2.05) is 26.8 Å². The predicted octanol–water partition coefficient (Wildman–Crippen LogP) is 6.98. The first-order chi connectivity index (χ1) is 18.6. The smallest absolute Gasteiger partial charge is 0.300 e. The van der Waals surface area contributed by atoms with Crippen molar-refractivity contribution in [1.82, 2.24) is 0 Å². The zero-order chi connectivity index (χ0) is 28.4. The number of aryl methyl sites for hydroxylation is 1. The Morgan fingerprint density at radius 1 is 1.00 bits per heavy atom. The first-order valence-corrected chi connectivity index (χ1v) is 13.0. The molecule has 0 bridgehead atoms. The molecule has 1 heterocycles. The highest BCUT2D eigenvalue weighted by atomic mass is 35.5. The number of amides is 1. The van der Waals surface area contributed by atoms with E-state index in [2.05, 4.69) is 0 Å². The average molecular weight is 570 g/mol. The molecule has 0 aliphatic carbocycles. The van der Waals surface area contributed by atoms with Crippen molar-refractivity contribution in [2.75, 3.05) is 25.7 Å². The maximum Gasteiger partial charge on any atom is 0.300 e. The zero-order valence-corrected chi connectivity index (χ0v) is 23.8. The number of carbonyl (C=O) groups excluding carboxylic acids is 2. The first-order valence-electron chi connectivity index (χ1n) is 12.3. The van der Waals surface area contributed by atoms with Gasteiger partial charge >= 0.3 is 0 Å². The van der Waals surface area contributed by atoms with E-state index in [1.54, 1.807) is 42.5 Å². The average Bonchev–Trinajstić information content (AvgIpc) is 3.17. The summed E-state index contributed by atoms with van der Waals surface area (Å²) in [5.41, 5.74) is 1.89. The van der Waals surface area contributed by atoms with Crippen molar-refractivity contribution in [3.8, 4) is 17.2 Å². The van der Waals surface area contributed by atoms with E-state index < -0.39 is 23.5 Å². The summed E-state index contributed by atoms with van der Waals surface area (Å²) >= 11 is 12.8. The van der Waals surface area contributed by atoms with Crippen LogP contribution in [0.2, 0.25) is 10.0 Å². The molecule has 0 saturated carbocycles. The lowest BCUT2D eigenvalue weighted by Gasteiger charge is -2.26. The molecule has 1 aliphatic heterocycles. The standard InChI is InChI=1S/C30H29Cl2NO6/c1-16(2)15-39-20-11-7-9-18(13-20)25-23(27(35)30(36)33(25)19-10-6-8-17(3)12-19)26(34)21-14-22(31)29(38-5)24(32)28(21)37-4/h6-14,16,25,34H,15H2,1-5H3/b26-23+. The molecule has 4 rings (SSSR count). The van der Waals surface area contributed by atoms with Gasteiger partial charge in [0.2, 0.25) is 0 Å². The van der Waals surface area contributed by atoms with Crippen LogP contribution in [-0.4, -0.2) is 37.6 Å². The molecule has 39 heavy (non-hydrogen) atoms. The molecule has 3 aromatic carbocycles. The van der Waals surface area contributed by atoms with Crippen molar-refractivity contribution >= 4 is 46.3 Å². The molecule has 7 nitrogen and oxygen atoms in total. The van der Waals surface area contributed by atoms with E-state index in [9.17, 15) is 14.7 Å². The fourth-order valence-electron chi connectivity index (χ4n) is 4.52. The van der Waals surface area contributed by atoms with Gasteiger partial charge in [-0.05, 0) is 54.3 Å². The van der Waals surface area contributed by atoms with Crippen LogP contribution < -0.4 is 19.1 Å². The second-order valence-corrected chi connectivity index (χ2v) is 10.4. The van der Waals surface area contributed by atoms with Crippen LogP contribution in [0.3, 0.4) is 0 Å². The van der Waals surface area contributed by atoms with Crippen molar-refractivity contribution in [1.29, 1.82) is 0 Å². The Bertz CT molecular complexity index is 1470. The Morgan fingerprint density at radius 2 is 1.69 bits per heavy atom. The molecule has 1 unspecified atom stereocenters.